The molecule has 2 N–H and O–H groups in total. The van der Waals surface area contributed by atoms with Crippen LogP contribution in [0.5, 0.6) is 0 Å². The van der Waals surface area contributed by atoms with E-state index in [1.54, 1.807) is 0 Å². The molecule has 1 saturated carbocycles. The normalized spacial score (nSPS) is 39.5. The molecule has 0 radical (unpaired) electrons. The molecule has 0 aromatic heterocycles. The van der Waals surface area contributed by atoms with Gasteiger partial charge in [-0.15, -0.1) is 0 Å². The van der Waals surface area contributed by atoms with Crippen LogP contribution < -0.4 is 5.32 Å². The first-order valence-corrected chi connectivity index (χ1v) is 5.89. The van der Waals surface area contributed by atoms with Crippen molar-refractivity contribution >= 4 is 5.97 Å². The SMILES string of the molecule is CC1(C)CCCC2(CNCC2C(=O)O)C1. The van der Waals surface area contributed by atoms with Crippen LogP contribution in [0.4, 0.5) is 0 Å². The van der Waals surface area contributed by atoms with Gasteiger partial charge in [0, 0.05) is 13.1 Å². The largest absolute Gasteiger partial charge is 0.481 e. The molecule has 2 rings (SSSR count). The Morgan fingerprint density at radius 2 is 2.13 bits per heavy atom. The third-order valence-corrected chi connectivity index (χ3v) is 4.22. The van der Waals surface area contributed by atoms with Crippen molar-refractivity contribution in [3.8, 4) is 0 Å². The Bertz CT molecular complexity index is 275. The van der Waals surface area contributed by atoms with Gasteiger partial charge in [-0.25, -0.2) is 0 Å². The van der Waals surface area contributed by atoms with Crippen molar-refractivity contribution < 1.29 is 9.90 Å². The van der Waals surface area contributed by atoms with Gasteiger partial charge in [-0.05, 0) is 30.1 Å². The Morgan fingerprint density at radius 3 is 2.73 bits per heavy atom. The van der Waals surface area contributed by atoms with Gasteiger partial charge in [-0.1, -0.05) is 20.3 Å². The number of hydrogen-bond acceptors (Lipinski definition) is 2. The maximum Gasteiger partial charge on any atom is 0.308 e. The van der Waals surface area contributed by atoms with Crippen molar-refractivity contribution in [3.63, 3.8) is 0 Å². The summed E-state index contributed by atoms with van der Waals surface area (Å²) in [5.74, 6) is -0.783. The molecule has 1 heterocycles. The number of carboxylic acids is 1. The van der Waals surface area contributed by atoms with Crippen molar-refractivity contribution in [2.45, 2.75) is 39.5 Å². The van der Waals surface area contributed by atoms with E-state index < -0.39 is 5.97 Å². The van der Waals surface area contributed by atoms with Crippen molar-refractivity contribution in [1.29, 1.82) is 0 Å². The summed E-state index contributed by atoms with van der Waals surface area (Å²) in [6.45, 7) is 6.09. The summed E-state index contributed by atoms with van der Waals surface area (Å²) >= 11 is 0. The Kier molecular flexibility index (Phi) is 2.53. The Hall–Kier alpha value is -0.570. The van der Waals surface area contributed by atoms with E-state index in [1.165, 1.54) is 12.8 Å². The molecule has 2 unspecified atom stereocenters. The van der Waals surface area contributed by atoms with Crippen LogP contribution in [0.2, 0.25) is 0 Å². The molecule has 2 aliphatic rings. The van der Waals surface area contributed by atoms with Crippen LogP contribution in [0.15, 0.2) is 0 Å². The van der Waals surface area contributed by atoms with Crippen molar-refractivity contribution in [3.05, 3.63) is 0 Å². The van der Waals surface area contributed by atoms with Gasteiger partial charge in [-0.3, -0.25) is 4.79 Å². The van der Waals surface area contributed by atoms with E-state index in [0.717, 1.165) is 19.4 Å². The molecular weight excluding hydrogens is 190 g/mol. The quantitative estimate of drug-likeness (QED) is 0.696. The molecule has 3 heteroatoms. The van der Waals surface area contributed by atoms with Crippen molar-refractivity contribution in [2.24, 2.45) is 16.7 Å². The highest BCUT2D eigenvalue weighted by molar-refractivity contribution is 5.72. The number of carbonyl (C=O) groups is 1. The van der Waals surface area contributed by atoms with Crippen molar-refractivity contribution in [2.75, 3.05) is 13.1 Å². The van der Waals surface area contributed by atoms with Crippen LogP contribution in [-0.2, 0) is 4.79 Å². The zero-order valence-corrected chi connectivity index (χ0v) is 9.68. The van der Waals surface area contributed by atoms with Crippen LogP contribution in [0.3, 0.4) is 0 Å². The second-order valence-electron chi connectivity index (χ2n) is 6.08. The summed E-state index contributed by atoms with van der Waals surface area (Å²) in [5.41, 5.74) is 0.353. The highest BCUT2D eigenvalue weighted by Gasteiger charge is 2.50. The first-order valence-electron chi connectivity index (χ1n) is 5.89. The van der Waals surface area contributed by atoms with Gasteiger partial charge in [-0.2, -0.15) is 0 Å². The van der Waals surface area contributed by atoms with Crippen LogP contribution in [0.25, 0.3) is 0 Å². The molecule has 0 bridgehead atoms. The van der Waals surface area contributed by atoms with E-state index in [0.29, 0.717) is 12.0 Å². The molecule has 15 heavy (non-hydrogen) atoms. The number of rotatable bonds is 1. The minimum atomic E-state index is -0.613. The summed E-state index contributed by atoms with van der Waals surface area (Å²) < 4.78 is 0. The second kappa shape index (κ2) is 3.48. The zero-order chi connectivity index (χ0) is 11.1. The molecule has 1 aliphatic carbocycles. The lowest BCUT2D eigenvalue weighted by Gasteiger charge is -2.44. The molecule has 3 nitrogen and oxygen atoms in total. The lowest BCUT2D eigenvalue weighted by molar-refractivity contribution is -0.146. The van der Waals surface area contributed by atoms with Gasteiger partial charge in [0.1, 0.15) is 0 Å². The fourth-order valence-corrected chi connectivity index (χ4v) is 3.65. The summed E-state index contributed by atoms with van der Waals surface area (Å²) in [5, 5.41) is 12.5. The summed E-state index contributed by atoms with van der Waals surface area (Å²) in [6.07, 6.45) is 4.56. The predicted octanol–water partition coefficient (Wildman–Crippen LogP) is 1.88. The average Bonchev–Trinajstić information content (AvgIpc) is 2.45. The molecule has 0 aromatic carbocycles. The standard InChI is InChI=1S/C12H21NO2/c1-11(2)4-3-5-12(7-11)8-13-6-9(12)10(14)15/h9,13H,3-8H2,1-2H3,(H,14,15). The number of aliphatic carboxylic acids is 1. The van der Waals surface area contributed by atoms with E-state index in [-0.39, 0.29) is 11.3 Å². The fraction of sp³-hybridized carbons (Fsp3) is 0.917. The highest BCUT2D eigenvalue weighted by atomic mass is 16.4. The third-order valence-electron chi connectivity index (χ3n) is 4.22. The molecule has 0 aromatic rings. The summed E-state index contributed by atoms with van der Waals surface area (Å²) in [6, 6.07) is 0. The first kappa shape index (κ1) is 10.9. The monoisotopic (exact) mass is 211 g/mol. The lowest BCUT2D eigenvalue weighted by Crippen LogP contribution is -2.41. The van der Waals surface area contributed by atoms with Crippen LogP contribution in [-0.4, -0.2) is 24.2 Å². The van der Waals surface area contributed by atoms with Gasteiger partial charge in [0.2, 0.25) is 0 Å². The molecule has 1 saturated heterocycles. The van der Waals surface area contributed by atoms with Crippen LogP contribution in [0, 0.1) is 16.7 Å². The minimum Gasteiger partial charge on any atom is -0.481 e. The van der Waals surface area contributed by atoms with Gasteiger partial charge in [0.15, 0.2) is 0 Å². The smallest absolute Gasteiger partial charge is 0.308 e. The zero-order valence-electron chi connectivity index (χ0n) is 9.68. The van der Waals surface area contributed by atoms with E-state index in [2.05, 4.69) is 19.2 Å². The van der Waals surface area contributed by atoms with Crippen LogP contribution in [0.1, 0.15) is 39.5 Å². The third kappa shape index (κ3) is 1.89. The Labute approximate surface area is 91.2 Å². The van der Waals surface area contributed by atoms with Crippen molar-refractivity contribution in [1.82, 2.24) is 5.32 Å². The number of carboxylic acid groups (broad SMARTS) is 1. The molecule has 86 valence electrons. The summed E-state index contributed by atoms with van der Waals surface area (Å²) in [4.78, 5) is 11.2. The minimum absolute atomic E-state index is 0.0353. The second-order valence-corrected chi connectivity index (χ2v) is 6.08. The van der Waals surface area contributed by atoms with Gasteiger partial charge < -0.3 is 10.4 Å². The van der Waals surface area contributed by atoms with Gasteiger partial charge >= 0.3 is 5.97 Å². The maximum atomic E-state index is 11.2. The van der Waals surface area contributed by atoms with Crippen LogP contribution >= 0.6 is 0 Å². The molecule has 2 fully saturated rings. The molecule has 0 amide bonds. The number of hydrogen-bond donors (Lipinski definition) is 2. The average molecular weight is 211 g/mol. The van der Waals surface area contributed by atoms with E-state index in [9.17, 15) is 9.90 Å². The van der Waals surface area contributed by atoms with E-state index in [1.807, 2.05) is 0 Å². The van der Waals surface area contributed by atoms with E-state index >= 15 is 0 Å². The highest BCUT2D eigenvalue weighted by Crippen LogP contribution is 2.51. The fourth-order valence-electron chi connectivity index (χ4n) is 3.65. The Balaban J connectivity index is 2.21. The summed E-state index contributed by atoms with van der Waals surface area (Å²) in [7, 11) is 0. The van der Waals surface area contributed by atoms with E-state index in [4.69, 9.17) is 0 Å². The number of nitrogens with one attached hydrogen (secondary N) is 1. The predicted molar refractivity (Wildman–Crippen MR) is 58.7 cm³/mol. The topological polar surface area (TPSA) is 49.3 Å². The van der Waals surface area contributed by atoms with Gasteiger partial charge in [0.05, 0.1) is 5.92 Å². The first-order chi connectivity index (χ1) is 6.95. The van der Waals surface area contributed by atoms with Gasteiger partial charge in [0.25, 0.3) is 0 Å². The Morgan fingerprint density at radius 1 is 1.40 bits per heavy atom. The lowest BCUT2D eigenvalue weighted by atomic mass is 9.60. The maximum absolute atomic E-state index is 11.2. The molecule has 1 aliphatic heterocycles. The molecular formula is C12H21NO2. The molecule has 2 atom stereocenters. The molecule has 1 spiro atoms.